The molecule has 0 radical (unpaired) electrons. The van der Waals surface area contributed by atoms with Crippen LogP contribution >= 0.6 is 0 Å². The summed E-state index contributed by atoms with van der Waals surface area (Å²) in [7, 11) is 0. The van der Waals surface area contributed by atoms with E-state index < -0.39 is 0 Å². The van der Waals surface area contributed by atoms with Crippen molar-refractivity contribution in [3.8, 4) is 0 Å². The number of epoxide rings is 1. The average Bonchev–Trinajstić information content (AvgIpc) is 2.84. The molecule has 2 unspecified atom stereocenters. The molecule has 2 rings (SSSR count). The fourth-order valence-corrected chi connectivity index (χ4v) is 2.17. The van der Waals surface area contributed by atoms with Gasteiger partial charge >= 0.3 is 0 Å². The molecule has 0 aromatic heterocycles. The number of carbonyl (C=O) groups excluding carboxylic acids is 1. The molecular formula is C9H15NO2. The highest BCUT2D eigenvalue weighted by Gasteiger charge is 2.48. The Morgan fingerprint density at radius 3 is 2.42 bits per heavy atom. The molecule has 0 aromatic carbocycles. The number of hydrogen-bond donors (Lipinski definition) is 1. The van der Waals surface area contributed by atoms with Gasteiger partial charge in [0.1, 0.15) is 0 Å². The number of nitrogens with two attached hydrogens (primary N) is 1. The molecule has 1 saturated heterocycles. The fraction of sp³-hybridized carbons (Fsp3) is 0.889. The van der Waals surface area contributed by atoms with Crippen molar-refractivity contribution in [3.05, 3.63) is 0 Å². The summed E-state index contributed by atoms with van der Waals surface area (Å²) in [5.41, 5.74) is 5.13. The fourth-order valence-electron chi connectivity index (χ4n) is 2.17. The Morgan fingerprint density at radius 1 is 1.25 bits per heavy atom. The van der Waals surface area contributed by atoms with Gasteiger partial charge in [-0.2, -0.15) is 0 Å². The van der Waals surface area contributed by atoms with Gasteiger partial charge in [-0.15, -0.1) is 0 Å². The second kappa shape index (κ2) is 3.05. The summed E-state index contributed by atoms with van der Waals surface area (Å²) >= 11 is 0. The molecule has 3 heteroatoms. The lowest BCUT2D eigenvalue weighted by molar-refractivity contribution is -0.119. The van der Waals surface area contributed by atoms with Crippen LogP contribution in [0.1, 0.15) is 32.1 Å². The number of carbonyl (C=O) groups is 1. The summed E-state index contributed by atoms with van der Waals surface area (Å²) in [6.07, 6.45) is 6.26. The molecule has 2 fully saturated rings. The second-order valence-corrected chi connectivity index (χ2v) is 3.82. The number of primary amides is 1. The Hall–Kier alpha value is -0.570. The standard InChI is InChI=1S/C9H15NO2/c10-9(11)8-7(12-8)6-4-2-1-3-5-6/h6-8H,1-5H2,(H2,10,11). The van der Waals surface area contributed by atoms with Crippen LogP contribution in [0, 0.1) is 5.92 Å². The Morgan fingerprint density at radius 2 is 1.92 bits per heavy atom. The average molecular weight is 169 g/mol. The van der Waals surface area contributed by atoms with Crippen LogP contribution in [0.5, 0.6) is 0 Å². The van der Waals surface area contributed by atoms with E-state index >= 15 is 0 Å². The van der Waals surface area contributed by atoms with Crippen LogP contribution < -0.4 is 5.73 Å². The van der Waals surface area contributed by atoms with E-state index in [4.69, 9.17) is 10.5 Å². The van der Waals surface area contributed by atoms with Gasteiger partial charge in [0, 0.05) is 0 Å². The highest BCUT2D eigenvalue weighted by molar-refractivity contribution is 5.81. The summed E-state index contributed by atoms with van der Waals surface area (Å²) in [5, 5.41) is 0. The number of hydrogen-bond acceptors (Lipinski definition) is 2. The molecule has 1 aliphatic heterocycles. The zero-order valence-corrected chi connectivity index (χ0v) is 7.16. The predicted molar refractivity (Wildman–Crippen MR) is 44.4 cm³/mol. The summed E-state index contributed by atoms with van der Waals surface area (Å²) < 4.78 is 5.24. The molecule has 68 valence electrons. The summed E-state index contributed by atoms with van der Waals surface area (Å²) in [6, 6.07) is 0. The van der Waals surface area contributed by atoms with Crippen molar-refractivity contribution in [3.63, 3.8) is 0 Å². The second-order valence-electron chi connectivity index (χ2n) is 3.82. The molecule has 2 N–H and O–H groups in total. The van der Waals surface area contributed by atoms with Gasteiger partial charge in [0.15, 0.2) is 6.10 Å². The summed E-state index contributed by atoms with van der Waals surface area (Å²) in [4.78, 5) is 10.7. The number of amides is 1. The smallest absolute Gasteiger partial charge is 0.249 e. The minimum absolute atomic E-state index is 0.169. The Balaban J connectivity index is 1.83. The van der Waals surface area contributed by atoms with Crippen molar-refractivity contribution in [1.82, 2.24) is 0 Å². The molecule has 2 aliphatic rings. The summed E-state index contributed by atoms with van der Waals surface area (Å²) in [5.74, 6) is 0.321. The zero-order chi connectivity index (χ0) is 8.55. The van der Waals surface area contributed by atoms with Gasteiger partial charge in [-0.05, 0) is 18.8 Å². The maximum Gasteiger partial charge on any atom is 0.249 e. The van der Waals surface area contributed by atoms with Crippen LogP contribution in [0.25, 0.3) is 0 Å². The van der Waals surface area contributed by atoms with Crippen molar-refractivity contribution in [2.45, 2.75) is 44.3 Å². The molecule has 0 bridgehead atoms. The topological polar surface area (TPSA) is 55.6 Å². The lowest BCUT2D eigenvalue weighted by Crippen LogP contribution is -2.23. The maximum absolute atomic E-state index is 10.7. The Bertz CT molecular complexity index is 187. The van der Waals surface area contributed by atoms with Gasteiger partial charge in [0.2, 0.25) is 5.91 Å². The minimum atomic E-state index is -0.287. The third-order valence-corrected chi connectivity index (χ3v) is 2.92. The van der Waals surface area contributed by atoms with Gasteiger partial charge in [0.25, 0.3) is 0 Å². The largest absolute Gasteiger partial charge is 0.367 e. The minimum Gasteiger partial charge on any atom is -0.367 e. The number of ether oxygens (including phenoxy) is 1. The van der Waals surface area contributed by atoms with E-state index in [1.54, 1.807) is 0 Å². The van der Waals surface area contributed by atoms with Crippen LogP contribution in [0.2, 0.25) is 0 Å². The van der Waals surface area contributed by atoms with Crippen molar-refractivity contribution in [2.75, 3.05) is 0 Å². The lowest BCUT2D eigenvalue weighted by Gasteiger charge is -2.19. The summed E-state index contributed by atoms with van der Waals surface area (Å²) in [6.45, 7) is 0. The third-order valence-electron chi connectivity index (χ3n) is 2.92. The molecule has 1 heterocycles. The molecular weight excluding hydrogens is 154 g/mol. The van der Waals surface area contributed by atoms with Crippen molar-refractivity contribution in [1.29, 1.82) is 0 Å². The van der Waals surface area contributed by atoms with Crippen molar-refractivity contribution < 1.29 is 9.53 Å². The van der Waals surface area contributed by atoms with Gasteiger partial charge in [-0.3, -0.25) is 4.79 Å². The van der Waals surface area contributed by atoms with E-state index in [-0.39, 0.29) is 18.1 Å². The quantitative estimate of drug-likeness (QED) is 0.622. The molecule has 12 heavy (non-hydrogen) atoms. The van der Waals surface area contributed by atoms with Crippen molar-refractivity contribution >= 4 is 5.91 Å². The first-order chi connectivity index (χ1) is 5.79. The molecule has 0 spiro atoms. The molecule has 0 aromatic rings. The molecule has 1 amide bonds. The van der Waals surface area contributed by atoms with Gasteiger partial charge in [-0.25, -0.2) is 0 Å². The van der Waals surface area contributed by atoms with Gasteiger partial charge < -0.3 is 10.5 Å². The van der Waals surface area contributed by atoms with Crippen LogP contribution in [0.15, 0.2) is 0 Å². The van der Waals surface area contributed by atoms with E-state index in [0.717, 1.165) is 0 Å². The van der Waals surface area contributed by atoms with E-state index in [2.05, 4.69) is 0 Å². The van der Waals surface area contributed by atoms with Gasteiger partial charge in [0.05, 0.1) is 6.10 Å². The molecule has 2 atom stereocenters. The molecule has 1 saturated carbocycles. The van der Waals surface area contributed by atoms with Crippen LogP contribution in [-0.2, 0) is 9.53 Å². The SMILES string of the molecule is NC(=O)C1OC1C1CCCCC1. The normalized spacial score (nSPS) is 36.3. The third kappa shape index (κ3) is 1.46. The van der Waals surface area contributed by atoms with E-state index in [9.17, 15) is 4.79 Å². The Labute approximate surface area is 72.3 Å². The van der Waals surface area contributed by atoms with Gasteiger partial charge in [-0.1, -0.05) is 19.3 Å². The van der Waals surface area contributed by atoms with Crippen LogP contribution in [0.4, 0.5) is 0 Å². The van der Waals surface area contributed by atoms with Crippen LogP contribution in [0.3, 0.4) is 0 Å². The van der Waals surface area contributed by atoms with Crippen molar-refractivity contribution in [2.24, 2.45) is 11.7 Å². The highest BCUT2D eigenvalue weighted by Crippen LogP contribution is 2.37. The van der Waals surface area contributed by atoms with Crippen LogP contribution in [-0.4, -0.2) is 18.1 Å². The van der Waals surface area contributed by atoms with E-state index in [1.807, 2.05) is 0 Å². The Kier molecular flexibility index (Phi) is 2.05. The zero-order valence-electron chi connectivity index (χ0n) is 7.16. The number of rotatable bonds is 2. The first kappa shape index (κ1) is 8.05. The highest BCUT2D eigenvalue weighted by atomic mass is 16.6. The predicted octanol–water partition coefficient (Wildman–Crippen LogP) is 0.819. The molecule has 3 nitrogen and oxygen atoms in total. The maximum atomic E-state index is 10.7. The van der Waals surface area contributed by atoms with E-state index in [0.29, 0.717) is 5.92 Å². The van der Waals surface area contributed by atoms with E-state index in [1.165, 1.54) is 32.1 Å². The first-order valence-electron chi connectivity index (χ1n) is 4.74. The monoisotopic (exact) mass is 169 g/mol. The lowest BCUT2D eigenvalue weighted by atomic mass is 9.86. The molecule has 1 aliphatic carbocycles. The first-order valence-corrected chi connectivity index (χ1v) is 4.74.